The second kappa shape index (κ2) is 9.49. The summed E-state index contributed by atoms with van der Waals surface area (Å²) in [6, 6.07) is 11.1. The summed E-state index contributed by atoms with van der Waals surface area (Å²) in [5, 5.41) is 0. The topological polar surface area (TPSA) is 36.0 Å². The number of hydrogen-bond acceptors (Lipinski definition) is 4. The van der Waals surface area contributed by atoms with Gasteiger partial charge in [-0.3, -0.25) is 14.6 Å². The molecule has 2 saturated heterocycles. The van der Waals surface area contributed by atoms with Crippen molar-refractivity contribution in [3.05, 3.63) is 35.9 Å². The number of nitrogens with zero attached hydrogens (tertiary/aromatic N) is 3. The Kier molecular flexibility index (Phi) is 7.06. The van der Waals surface area contributed by atoms with E-state index in [4.69, 9.17) is 4.74 Å². The number of piperazine rings is 1. The van der Waals surface area contributed by atoms with E-state index in [1.54, 1.807) is 0 Å². The molecule has 1 aromatic carbocycles. The Balaban J connectivity index is 1.38. The molecule has 2 heterocycles. The van der Waals surface area contributed by atoms with E-state index in [0.29, 0.717) is 12.5 Å². The van der Waals surface area contributed by atoms with Crippen LogP contribution in [-0.4, -0.2) is 85.2 Å². The van der Waals surface area contributed by atoms with Crippen molar-refractivity contribution in [2.45, 2.75) is 38.8 Å². The number of rotatable bonds is 6. The molecule has 0 aliphatic carbocycles. The Labute approximate surface area is 157 Å². The van der Waals surface area contributed by atoms with Gasteiger partial charge < -0.3 is 9.64 Å². The van der Waals surface area contributed by atoms with E-state index in [2.05, 4.69) is 54.0 Å². The zero-order chi connectivity index (χ0) is 18.4. The van der Waals surface area contributed by atoms with Crippen molar-refractivity contribution in [3.63, 3.8) is 0 Å². The molecule has 2 aliphatic rings. The summed E-state index contributed by atoms with van der Waals surface area (Å²) < 4.78 is 5.83. The summed E-state index contributed by atoms with van der Waals surface area (Å²) in [5.41, 5.74) is 1.38. The van der Waals surface area contributed by atoms with E-state index >= 15 is 0 Å². The van der Waals surface area contributed by atoms with Crippen molar-refractivity contribution in [1.29, 1.82) is 0 Å². The molecule has 0 saturated carbocycles. The Morgan fingerprint density at radius 3 is 2.54 bits per heavy atom. The summed E-state index contributed by atoms with van der Waals surface area (Å²) >= 11 is 0. The van der Waals surface area contributed by atoms with Gasteiger partial charge in [0.1, 0.15) is 0 Å². The lowest BCUT2D eigenvalue weighted by molar-refractivity contribution is -0.138. The number of carbonyl (C=O) groups is 1. The molecular formula is C21H33N3O2. The van der Waals surface area contributed by atoms with Crippen LogP contribution in [0.4, 0.5) is 0 Å². The standard InChI is InChI=1S/C21H33N3O2/c1-18(2)24-14-15-26-20(17-24)16-21(25)23-12-10-22(11-13-23)9-8-19-6-4-3-5-7-19/h3-7,18,20H,8-17H2,1-2H3/t20-/m1/s1. The van der Waals surface area contributed by atoms with Gasteiger partial charge >= 0.3 is 0 Å². The predicted molar refractivity (Wildman–Crippen MR) is 104 cm³/mol. The number of amides is 1. The number of carbonyl (C=O) groups excluding carboxylic acids is 1. The lowest BCUT2D eigenvalue weighted by Crippen LogP contribution is -2.51. The van der Waals surface area contributed by atoms with Crippen LogP contribution in [0.5, 0.6) is 0 Å². The van der Waals surface area contributed by atoms with Crippen molar-refractivity contribution < 1.29 is 9.53 Å². The molecule has 1 atom stereocenters. The predicted octanol–water partition coefficient (Wildman–Crippen LogP) is 1.87. The molecule has 0 aromatic heterocycles. The third kappa shape index (κ3) is 5.53. The van der Waals surface area contributed by atoms with Gasteiger partial charge in [0.2, 0.25) is 5.91 Å². The third-order valence-corrected chi connectivity index (χ3v) is 5.59. The highest BCUT2D eigenvalue weighted by molar-refractivity contribution is 5.76. The quantitative estimate of drug-likeness (QED) is 0.777. The zero-order valence-electron chi connectivity index (χ0n) is 16.3. The first kappa shape index (κ1) is 19.3. The highest BCUT2D eigenvalue weighted by Gasteiger charge is 2.27. The molecule has 2 fully saturated rings. The summed E-state index contributed by atoms with van der Waals surface area (Å²) in [6.07, 6.45) is 1.65. The van der Waals surface area contributed by atoms with Crippen molar-refractivity contribution in [3.8, 4) is 0 Å². The fourth-order valence-electron chi connectivity index (χ4n) is 3.81. The minimum atomic E-state index is 0.0507. The highest BCUT2D eigenvalue weighted by Crippen LogP contribution is 2.14. The van der Waals surface area contributed by atoms with Gasteiger partial charge in [0.25, 0.3) is 0 Å². The average molecular weight is 360 g/mol. The van der Waals surface area contributed by atoms with Crippen molar-refractivity contribution >= 4 is 5.91 Å². The lowest BCUT2D eigenvalue weighted by Gasteiger charge is -2.38. The van der Waals surface area contributed by atoms with Gasteiger partial charge in [-0.05, 0) is 25.8 Å². The SMILES string of the molecule is CC(C)N1CCO[C@H](CC(=O)N2CCN(CCc3ccccc3)CC2)C1. The lowest BCUT2D eigenvalue weighted by atomic mass is 10.1. The molecule has 144 valence electrons. The van der Waals surface area contributed by atoms with Crippen molar-refractivity contribution in [2.24, 2.45) is 0 Å². The summed E-state index contributed by atoms with van der Waals surface area (Å²) in [7, 11) is 0. The molecule has 1 aromatic rings. The summed E-state index contributed by atoms with van der Waals surface area (Å²) in [4.78, 5) is 19.5. The van der Waals surface area contributed by atoms with Crippen LogP contribution in [0.2, 0.25) is 0 Å². The second-order valence-electron chi connectivity index (χ2n) is 7.74. The molecule has 3 rings (SSSR count). The van der Waals surface area contributed by atoms with E-state index in [0.717, 1.165) is 58.8 Å². The molecule has 0 unspecified atom stereocenters. The molecule has 0 spiro atoms. The van der Waals surface area contributed by atoms with E-state index < -0.39 is 0 Å². The minimum absolute atomic E-state index is 0.0507. The fourth-order valence-corrected chi connectivity index (χ4v) is 3.81. The van der Waals surface area contributed by atoms with Gasteiger partial charge in [0.15, 0.2) is 0 Å². The van der Waals surface area contributed by atoms with E-state index in [-0.39, 0.29) is 12.0 Å². The zero-order valence-corrected chi connectivity index (χ0v) is 16.3. The maximum Gasteiger partial charge on any atom is 0.225 e. The first-order valence-corrected chi connectivity index (χ1v) is 10.0. The van der Waals surface area contributed by atoms with Gasteiger partial charge in [0, 0.05) is 51.9 Å². The van der Waals surface area contributed by atoms with Crippen LogP contribution in [0.1, 0.15) is 25.8 Å². The van der Waals surface area contributed by atoms with E-state index in [1.165, 1.54) is 5.56 Å². The smallest absolute Gasteiger partial charge is 0.225 e. The van der Waals surface area contributed by atoms with E-state index in [1.807, 2.05) is 4.90 Å². The first-order chi connectivity index (χ1) is 12.6. The van der Waals surface area contributed by atoms with Gasteiger partial charge in [-0.25, -0.2) is 0 Å². The van der Waals surface area contributed by atoms with Crippen molar-refractivity contribution in [2.75, 3.05) is 52.4 Å². The monoisotopic (exact) mass is 359 g/mol. The summed E-state index contributed by atoms with van der Waals surface area (Å²) in [5.74, 6) is 0.253. The Bertz CT molecular complexity index is 556. The molecular weight excluding hydrogens is 326 g/mol. The summed E-state index contributed by atoms with van der Waals surface area (Å²) in [6.45, 7) is 11.7. The molecule has 0 bridgehead atoms. The van der Waals surface area contributed by atoms with Crippen LogP contribution >= 0.6 is 0 Å². The van der Waals surface area contributed by atoms with Gasteiger partial charge in [-0.2, -0.15) is 0 Å². The molecule has 0 N–H and O–H groups in total. The van der Waals surface area contributed by atoms with Gasteiger partial charge in [-0.1, -0.05) is 30.3 Å². The van der Waals surface area contributed by atoms with Gasteiger partial charge in [0.05, 0.1) is 19.1 Å². The van der Waals surface area contributed by atoms with Crippen LogP contribution in [0.15, 0.2) is 30.3 Å². The molecule has 2 aliphatic heterocycles. The molecule has 5 heteroatoms. The number of hydrogen-bond donors (Lipinski definition) is 0. The average Bonchev–Trinajstić information content (AvgIpc) is 2.68. The molecule has 5 nitrogen and oxygen atoms in total. The number of benzene rings is 1. The fraction of sp³-hybridized carbons (Fsp3) is 0.667. The van der Waals surface area contributed by atoms with E-state index in [9.17, 15) is 4.79 Å². The van der Waals surface area contributed by atoms with Crippen LogP contribution in [0.25, 0.3) is 0 Å². The van der Waals surface area contributed by atoms with Crippen molar-refractivity contribution in [1.82, 2.24) is 14.7 Å². The number of ether oxygens (including phenoxy) is 1. The van der Waals surface area contributed by atoms with Crippen LogP contribution in [0, 0.1) is 0 Å². The molecule has 26 heavy (non-hydrogen) atoms. The molecule has 1 amide bonds. The Morgan fingerprint density at radius 1 is 1.12 bits per heavy atom. The van der Waals surface area contributed by atoms with Crippen LogP contribution in [-0.2, 0) is 16.0 Å². The third-order valence-electron chi connectivity index (χ3n) is 5.59. The Morgan fingerprint density at radius 2 is 1.85 bits per heavy atom. The van der Waals surface area contributed by atoms with Crippen LogP contribution < -0.4 is 0 Å². The maximum absolute atomic E-state index is 12.6. The number of morpholine rings is 1. The highest BCUT2D eigenvalue weighted by atomic mass is 16.5. The second-order valence-corrected chi connectivity index (χ2v) is 7.74. The minimum Gasteiger partial charge on any atom is -0.375 e. The Hall–Kier alpha value is -1.43. The largest absolute Gasteiger partial charge is 0.375 e. The first-order valence-electron chi connectivity index (χ1n) is 10.0. The normalized spacial score (nSPS) is 22.7. The van der Waals surface area contributed by atoms with Crippen LogP contribution in [0.3, 0.4) is 0 Å². The molecule has 0 radical (unpaired) electrons. The van der Waals surface area contributed by atoms with Gasteiger partial charge in [-0.15, -0.1) is 0 Å². The maximum atomic E-state index is 12.6.